The molecule has 6 nitrogen and oxygen atoms in total. The number of alkyl halides is 3. The highest BCUT2D eigenvalue weighted by Crippen LogP contribution is 2.35. The molecular weight excluding hydrogens is 429 g/mol. The molecule has 2 aromatic heterocycles. The van der Waals surface area contributed by atoms with E-state index in [9.17, 15) is 17.4 Å². The van der Waals surface area contributed by atoms with Gasteiger partial charge in [0.2, 0.25) is 0 Å². The van der Waals surface area contributed by atoms with Crippen molar-refractivity contribution in [3.8, 4) is 5.69 Å². The Balaban J connectivity index is 1.62. The Morgan fingerprint density at radius 1 is 1.41 bits per heavy atom. The largest absolute Gasteiger partial charge is 0.390 e. The molecule has 2 aromatic rings. The number of nitrogens with zero attached hydrogens (tertiary/aromatic N) is 4. The van der Waals surface area contributed by atoms with Crippen molar-refractivity contribution in [1.29, 1.82) is 0 Å². The molecule has 160 valence electrons. The Bertz CT molecular complexity index is 834. The third kappa shape index (κ3) is 5.70. The van der Waals surface area contributed by atoms with Gasteiger partial charge in [0, 0.05) is 41.0 Å². The van der Waals surface area contributed by atoms with E-state index in [0.717, 1.165) is 5.69 Å². The van der Waals surface area contributed by atoms with Crippen LogP contribution in [0.2, 0.25) is 5.15 Å². The number of halogens is 4. The number of aromatic nitrogens is 3. The topological polar surface area (TPSA) is 60.3 Å². The van der Waals surface area contributed by atoms with Crippen LogP contribution in [0.3, 0.4) is 0 Å². The lowest BCUT2D eigenvalue weighted by Gasteiger charge is -2.44. The predicted octanol–water partition coefficient (Wildman–Crippen LogP) is 3.81. The van der Waals surface area contributed by atoms with Crippen LogP contribution in [0.1, 0.15) is 19.8 Å². The van der Waals surface area contributed by atoms with Gasteiger partial charge >= 0.3 is 6.18 Å². The van der Waals surface area contributed by atoms with Crippen LogP contribution in [0.15, 0.2) is 30.7 Å². The van der Waals surface area contributed by atoms with E-state index in [2.05, 4.69) is 10.1 Å². The predicted molar refractivity (Wildman–Crippen MR) is 106 cm³/mol. The molecule has 1 aliphatic heterocycles. The van der Waals surface area contributed by atoms with Gasteiger partial charge in [0.05, 0.1) is 36.8 Å². The standard InChI is InChI=1S/C18H22ClF3N4O2S/c1-2-25(15-11-26(24-16(15)19)14-4-3-7-23-10-14)17-13(12-28-17)5-8-29(27)9-6-18(20,21)22/h3-4,7,10-11,13,17H,2,5-6,8-9,12H2,1H3. The molecule has 3 unspecified atom stereocenters. The van der Waals surface area contributed by atoms with Gasteiger partial charge in [0.25, 0.3) is 0 Å². The first-order chi connectivity index (χ1) is 13.8. The van der Waals surface area contributed by atoms with Gasteiger partial charge in [-0.2, -0.15) is 18.3 Å². The van der Waals surface area contributed by atoms with Gasteiger partial charge in [0.15, 0.2) is 5.15 Å². The summed E-state index contributed by atoms with van der Waals surface area (Å²) in [6.45, 7) is 3.04. The Hall–Kier alpha value is -1.65. The summed E-state index contributed by atoms with van der Waals surface area (Å²) >= 11 is 6.35. The van der Waals surface area contributed by atoms with Crippen molar-refractivity contribution in [2.45, 2.75) is 32.2 Å². The lowest BCUT2D eigenvalue weighted by Crippen LogP contribution is -2.53. The van der Waals surface area contributed by atoms with Crippen LogP contribution in [-0.4, -0.2) is 56.0 Å². The molecule has 0 aromatic carbocycles. The minimum Gasteiger partial charge on any atom is -0.358 e. The molecule has 3 atom stereocenters. The Morgan fingerprint density at radius 3 is 2.79 bits per heavy atom. The van der Waals surface area contributed by atoms with E-state index < -0.39 is 23.4 Å². The Kier molecular flexibility index (Phi) is 7.18. The molecule has 0 bridgehead atoms. The summed E-state index contributed by atoms with van der Waals surface area (Å²) in [6.07, 6.45) is 0.0878. The second kappa shape index (κ2) is 9.44. The summed E-state index contributed by atoms with van der Waals surface area (Å²) in [7, 11) is -1.50. The first kappa shape index (κ1) is 22.0. The summed E-state index contributed by atoms with van der Waals surface area (Å²) in [4.78, 5) is 6.04. The highest BCUT2D eigenvalue weighted by molar-refractivity contribution is 7.84. The first-order valence-electron chi connectivity index (χ1n) is 9.24. The van der Waals surface area contributed by atoms with Gasteiger partial charge in [-0.25, -0.2) is 4.68 Å². The van der Waals surface area contributed by atoms with Crippen LogP contribution in [0.25, 0.3) is 5.69 Å². The normalized spacial score (nSPS) is 20.3. The van der Waals surface area contributed by atoms with Crippen molar-refractivity contribution in [3.63, 3.8) is 0 Å². The van der Waals surface area contributed by atoms with Crippen molar-refractivity contribution < 1.29 is 22.1 Å². The number of pyridine rings is 1. The van der Waals surface area contributed by atoms with Gasteiger partial charge < -0.3 is 9.64 Å². The molecule has 11 heteroatoms. The molecule has 29 heavy (non-hydrogen) atoms. The van der Waals surface area contributed by atoms with Crippen LogP contribution in [0.5, 0.6) is 0 Å². The van der Waals surface area contributed by atoms with Gasteiger partial charge in [-0.15, -0.1) is 0 Å². The van der Waals surface area contributed by atoms with Gasteiger partial charge in [-0.3, -0.25) is 9.19 Å². The third-order valence-corrected chi connectivity index (χ3v) is 6.35. The monoisotopic (exact) mass is 450 g/mol. The van der Waals surface area contributed by atoms with Gasteiger partial charge in [0.1, 0.15) is 6.23 Å². The smallest absolute Gasteiger partial charge is 0.358 e. The SMILES string of the molecule is CCN(c1cn(-c2cccnc2)nc1Cl)C1OCC1CCS(=O)CCC(F)(F)F. The molecule has 0 aliphatic carbocycles. The molecular formula is C18H22ClF3N4O2S. The maximum Gasteiger partial charge on any atom is 0.390 e. The van der Waals surface area contributed by atoms with Crippen LogP contribution >= 0.6 is 11.6 Å². The molecule has 3 rings (SSSR count). The van der Waals surface area contributed by atoms with E-state index in [1.165, 1.54) is 0 Å². The fraction of sp³-hybridized carbons (Fsp3) is 0.556. The van der Waals surface area contributed by atoms with E-state index in [1.807, 2.05) is 17.9 Å². The zero-order valence-corrected chi connectivity index (χ0v) is 17.4. The quantitative estimate of drug-likeness (QED) is 0.581. The highest BCUT2D eigenvalue weighted by atomic mass is 35.5. The molecule has 1 saturated heterocycles. The highest BCUT2D eigenvalue weighted by Gasteiger charge is 2.38. The minimum absolute atomic E-state index is 0.0718. The van der Waals surface area contributed by atoms with Crippen molar-refractivity contribution in [3.05, 3.63) is 35.9 Å². The van der Waals surface area contributed by atoms with Crippen molar-refractivity contribution in [1.82, 2.24) is 14.8 Å². The van der Waals surface area contributed by atoms with Crippen LogP contribution in [0, 0.1) is 5.92 Å². The lowest BCUT2D eigenvalue weighted by molar-refractivity contribution is -0.129. The van der Waals surface area contributed by atoms with Gasteiger partial charge in [-0.1, -0.05) is 11.6 Å². The molecule has 1 aliphatic rings. The fourth-order valence-corrected chi connectivity index (χ4v) is 4.62. The molecule has 0 N–H and O–H groups in total. The van der Waals surface area contributed by atoms with Crippen molar-refractivity contribution in [2.24, 2.45) is 5.92 Å². The van der Waals surface area contributed by atoms with Crippen molar-refractivity contribution in [2.75, 3.05) is 29.6 Å². The number of hydrogen-bond acceptors (Lipinski definition) is 5. The molecule has 0 saturated carbocycles. The maximum absolute atomic E-state index is 12.3. The summed E-state index contributed by atoms with van der Waals surface area (Å²) in [5.74, 6) is -0.0633. The summed E-state index contributed by atoms with van der Waals surface area (Å²) in [6, 6.07) is 3.65. The van der Waals surface area contributed by atoms with E-state index >= 15 is 0 Å². The molecule has 0 spiro atoms. The third-order valence-electron chi connectivity index (χ3n) is 4.73. The average molecular weight is 451 g/mol. The van der Waals surface area contributed by atoms with E-state index in [-0.39, 0.29) is 23.7 Å². The minimum atomic E-state index is -4.28. The summed E-state index contributed by atoms with van der Waals surface area (Å²) in [5, 5.41) is 4.65. The van der Waals surface area contributed by atoms with E-state index in [0.29, 0.717) is 30.4 Å². The van der Waals surface area contributed by atoms with Gasteiger partial charge in [-0.05, 0) is 25.5 Å². The number of ether oxygens (including phenoxy) is 1. The molecule has 0 radical (unpaired) electrons. The molecule has 0 amide bonds. The second-order valence-corrected chi connectivity index (χ2v) is 8.79. The van der Waals surface area contributed by atoms with Crippen LogP contribution in [-0.2, 0) is 15.5 Å². The zero-order valence-electron chi connectivity index (χ0n) is 15.8. The Labute approximate surface area is 174 Å². The van der Waals surface area contributed by atoms with Crippen LogP contribution in [0.4, 0.5) is 18.9 Å². The Morgan fingerprint density at radius 2 is 2.21 bits per heavy atom. The number of rotatable bonds is 9. The average Bonchev–Trinajstić information content (AvgIpc) is 3.05. The molecule has 1 fully saturated rings. The summed E-state index contributed by atoms with van der Waals surface area (Å²) < 4.78 is 56.0. The fourth-order valence-electron chi connectivity index (χ4n) is 3.15. The first-order valence-corrected chi connectivity index (χ1v) is 11.1. The number of hydrogen-bond donors (Lipinski definition) is 0. The molecule has 3 heterocycles. The second-order valence-electron chi connectivity index (χ2n) is 6.73. The maximum atomic E-state index is 12.3. The van der Waals surface area contributed by atoms with E-state index in [1.54, 1.807) is 29.3 Å². The van der Waals surface area contributed by atoms with Crippen molar-refractivity contribution >= 4 is 28.1 Å². The van der Waals surface area contributed by atoms with Crippen LogP contribution < -0.4 is 4.90 Å². The lowest BCUT2D eigenvalue weighted by atomic mass is 9.99. The zero-order chi connectivity index (χ0) is 21.0. The van der Waals surface area contributed by atoms with E-state index in [4.69, 9.17) is 16.3 Å². The summed E-state index contributed by atoms with van der Waals surface area (Å²) in [5.41, 5.74) is 1.47. The number of anilines is 1.